The number of nitrogens with one attached hydrogen (secondary N) is 1. The first kappa shape index (κ1) is 9.72. The third-order valence-corrected chi connectivity index (χ3v) is 3.15. The minimum atomic E-state index is 0.651. The molecule has 1 aromatic rings. The number of rotatable bonds is 4. The molecule has 0 heterocycles. The minimum absolute atomic E-state index is 0.651. The van der Waals surface area contributed by atoms with Crippen molar-refractivity contribution in [1.82, 2.24) is 5.32 Å². The molecular formula is C13H19N. The van der Waals surface area contributed by atoms with Crippen LogP contribution in [0.2, 0.25) is 0 Å². The van der Waals surface area contributed by atoms with Gasteiger partial charge in [-0.05, 0) is 43.4 Å². The van der Waals surface area contributed by atoms with E-state index in [-0.39, 0.29) is 0 Å². The van der Waals surface area contributed by atoms with Crippen molar-refractivity contribution >= 4 is 0 Å². The van der Waals surface area contributed by atoms with Gasteiger partial charge in [0.05, 0.1) is 0 Å². The molecule has 1 aliphatic carbocycles. The molecule has 0 aromatic heterocycles. The molecule has 2 atom stereocenters. The molecule has 0 bridgehead atoms. The van der Waals surface area contributed by atoms with Crippen molar-refractivity contribution in [2.75, 3.05) is 6.54 Å². The smallest absolute Gasteiger partial charge is 0.00445 e. The van der Waals surface area contributed by atoms with Gasteiger partial charge in [0.25, 0.3) is 0 Å². The van der Waals surface area contributed by atoms with E-state index >= 15 is 0 Å². The monoisotopic (exact) mass is 189 g/mol. The fourth-order valence-corrected chi connectivity index (χ4v) is 2.43. The van der Waals surface area contributed by atoms with Gasteiger partial charge in [-0.3, -0.25) is 0 Å². The Morgan fingerprint density at radius 2 is 2.21 bits per heavy atom. The molecule has 1 aliphatic rings. The van der Waals surface area contributed by atoms with Crippen LogP contribution in [0.3, 0.4) is 0 Å². The van der Waals surface area contributed by atoms with Crippen molar-refractivity contribution in [3.8, 4) is 0 Å². The molecule has 0 saturated carbocycles. The quantitative estimate of drug-likeness (QED) is 0.768. The second kappa shape index (κ2) is 4.14. The first-order valence-corrected chi connectivity index (χ1v) is 5.62. The van der Waals surface area contributed by atoms with Crippen LogP contribution in [-0.4, -0.2) is 12.6 Å². The zero-order valence-corrected chi connectivity index (χ0v) is 9.09. The van der Waals surface area contributed by atoms with E-state index in [0.29, 0.717) is 6.04 Å². The van der Waals surface area contributed by atoms with Gasteiger partial charge in [0.1, 0.15) is 0 Å². The Labute approximate surface area is 86.5 Å². The minimum Gasteiger partial charge on any atom is -0.315 e. The molecule has 1 aromatic carbocycles. The zero-order valence-electron chi connectivity index (χ0n) is 9.09. The predicted molar refractivity (Wildman–Crippen MR) is 60.6 cm³/mol. The fourth-order valence-electron chi connectivity index (χ4n) is 2.43. The van der Waals surface area contributed by atoms with Gasteiger partial charge in [-0.15, -0.1) is 0 Å². The van der Waals surface area contributed by atoms with Gasteiger partial charge < -0.3 is 5.32 Å². The van der Waals surface area contributed by atoms with Crippen LogP contribution in [-0.2, 0) is 6.42 Å². The average molecular weight is 189 g/mol. The van der Waals surface area contributed by atoms with Crippen molar-refractivity contribution < 1.29 is 0 Å². The molecule has 76 valence electrons. The second-order valence-corrected chi connectivity index (χ2v) is 4.29. The molecule has 0 spiro atoms. The maximum absolute atomic E-state index is 3.48. The van der Waals surface area contributed by atoms with Crippen LogP contribution in [0.15, 0.2) is 24.3 Å². The third kappa shape index (κ3) is 1.83. The highest BCUT2D eigenvalue weighted by molar-refractivity contribution is 5.39. The van der Waals surface area contributed by atoms with Crippen LogP contribution in [0.4, 0.5) is 0 Å². The summed E-state index contributed by atoms with van der Waals surface area (Å²) in [6.07, 6.45) is 2.57. The van der Waals surface area contributed by atoms with E-state index in [1.807, 2.05) is 0 Å². The number of benzene rings is 1. The summed E-state index contributed by atoms with van der Waals surface area (Å²) in [6, 6.07) is 9.48. The van der Waals surface area contributed by atoms with Crippen molar-refractivity contribution in [3.63, 3.8) is 0 Å². The maximum atomic E-state index is 3.48. The molecular weight excluding hydrogens is 170 g/mol. The Morgan fingerprint density at radius 3 is 2.93 bits per heavy atom. The van der Waals surface area contributed by atoms with Gasteiger partial charge in [0, 0.05) is 6.04 Å². The molecule has 0 saturated heterocycles. The Morgan fingerprint density at radius 1 is 1.43 bits per heavy atom. The van der Waals surface area contributed by atoms with Crippen molar-refractivity contribution in [3.05, 3.63) is 35.4 Å². The first-order valence-electron chi connectivity index (χ1n) is 5.62. The van der Waals surface area contributed by atoms with Crippen LogP contribution >= 0.6 is 0 Å². The van der Waals surface area contributed by atoms with Crippen molar-refractivity contribution in [2.45, 2.75) is 38.6 Å². The van der Waals surface area contributed by atoms with Crippen LogP contribution in [0, 0.1) is 0 Å². The topological polar surface area (TPSA) is 12.0 Å². The van der Waals surface area contributed by atoms with E-state index < -0.39 is 0 Å². The summed E-state index contributed by atoms with van der Waals surface area (Å²) in [5, 5.41) is 3.48. The molecule has 0 aliphatic heterocycles. The normalized spacial score (nSPS) is 21.1. The van der Waals surface area contributed by atoms with Crippen LogP contribution < -0.4 is 5.32 Å². The lowest BCUT2D eigenvalue weighted by molar-refractivity contribution is 0.447. The van der Waals surface area contributed by atoms with Crippen molar-refractivity contribution in [2.24, 2.45) is 0 Å². The molecule has 0 amide bonds. The fraction of sp³-hybridized carbons (Fsp3) is 0.538. The Hall–Kier alpha value is -0.820. The van der Waals surface area contributed by atoms with Gasteiger partial charge in [0.2, 0.25) is 0 Å². The highest BCUT2D eigenvalue weighted by atomic mass is 14.9. The number of fused-ring (bicyclic) bond motifs is 1. The summed E-state index contributed by atoms with van der Waals surface area (Å²) in [5.41, 5.74) is 3.14. The highest BCUT2D eigenvalue weighted by Gasteiger charge is 2.26. The lowest BCUT2D eigenvalue weighted by Gasteiger charge is -2.32. The SMILES string of the molecule is CCNC(C)CC1Cc2ccccc21. The summed E-state index contributed by atoms with van der Waals surface area (Å²) < 4.78 is 0. The maximum Gasteiger partial charge on any atom is 0.00445 e. The molecule has 2 rings (SSSR count). The van der Waals surface area contributed by atoms with E-state index in [0.717, 1.165) is 12.5 Å². The van der Waals surface area contributed by atoms with Crippen LogP contribution in [0.5, 0.6) is 0 Å². The van der Waals surface area contributed by atoms with E-state index in [9.17, 15) is 0 Å². The first-order chi connectivity index (χ1) is 6.81. The van der Waals surface area contributed by atoms with Gasteiger partial charge >= 0.3 is 0 Å². The lowest BCUT2D eigenvalue weighted by atomic mass is 9.74. The van der Waals surface area contributed by atoms with Gasteiger partial charge in [-0.1, -0.05) is 31.2 Å². The molecule has 1 N–H and O–H groups in total. The number of hydrogen-bond donors (Lipinski definition) is 1. The van der Waals surface area contributed by atoms with E-state index in [4.69, 9.17) is 0 Å². The lowest BCUT2D eigenvalue weighted by Crippen LogP contribution is -2.30. The Balaban J connectivity index is 1.92. The molecule has 1 heteroatoms. The molecule has 0 radical (unpaired) electrons. The number of hydrogen-bond acceptors (Lipinski definition) is 1. The molecule has 1 nitrogen and oxygen atoms in total. The van der Waals surface area contributed by atoms with Crippen molar-refractivity contribution in [1.29, 1.82) is 0 Å². The van der Waals surface area contributed by atoms with Crippen LogP contribution in [0.25, 0.3) is 0 Å². The standard InChI is InChI=1S/C13H19N/c1-3-14-10(2)8-12-9-11-6-4-5-7-13(11)12/h4-7,10,12,14H,3,8-9H2,1-2H3. The Bertz CT molecular complexity index is 306. The van der Waals surface area contributed by atoms with Gasteiger partial charge in [-0.25, -0.2) is 0 Å². The summed E-state index contributed by atoms with van der Waals surface area (Å²) in [6.45, 7) is 5.53. The summed E-state index contributed by atoms with van der Waals surface area (Å²) in [5.74, 6) is 0.806. The molecule has 0 fully saturated rings. The van der Waals surface area contributed by atoms with Gasteiger partial charge in [0.15, 0.2) is 0 Å². The summed E-state index contributed by atoms with van der Waals surface area (Å²) in [7, 11) is 0. The zero-order chi connectivity index (χ0) is 9.97. The highest BCUT2D eigenvalue weighted by Crippen LogP contribution is 2.37. The predicted octanol–water partition coefficient (Wildman–Crippen LogP) is 2.71. The Kier molecular flexibility index (Phi) is 2.87. The third-order valence-electron chi connectivity index (χ3n) is 3.15. The summed E-state index contributed by atoms with van der Waals surface area (Å²) in [4.78, 5) is 0. The molecule has 2 unspecified atom stereocenters. The summed E-state index contributed by atoms with van der Waals surface area (Å²) >= 11 is 0. The van der Waals surface area contributed by atoms with Crippen LogP contribution in [0.1, 0.15) is 37.3 Å². The average Bonchev–Trinajstić information content (AvgIpc) is 2.15. The van der Waals surface area contributed by atoms with E-state index in [1.54, 1.807) is 11.1 Å². The largest absolute Gasteiger partial charge is 0.315 e. The molecule has 14 heavy (non-hydrogen) atoms. The second-order valence-electron chi connectivity index (χ2n) is 4.29. The van der Waals surface area contributed by atoms with E-state index in [2.05, 4.69) is 43.4 Å². The van der Waals surface area contributed by atoms with E-state index in [1.165, 1.54) is 12.8 Å². The van der Waals surface area contributed by atoms with Gasteiger partial charge in [-0.2, -0.15) is 0 Å².